The number of aromatic carboxylic acids is 1. The molecule has 0 unspecified atom stereocenters. The Morgan fingerprint density at radius 1 is 0.929 bits per heavy atom. The molecule has 0 saturated carbocycles. The molecule has 2 aromatic carbocycles. The summed E-state index contributed by atoms with van der Waals surface area (Å²) in [5.41, 5.74) is 2.78. The molecule has 0 spiro atoms. The fourth-order valence-electron chi connectivity index (χ4n) is 3.03. The largest absolute Gasteiger partial charge is 0.478 e. The molecule has 0 saturated heterocycles. The van der Waals surface area contributed by atoms with Gasteiger partial charge in [-0.05, 0) is 36.6 Å². The molecule has 6 heteroatoms. The van der Waals surface area contributed by atoms with Crippen LogP contribution < -0.4 is 4.72 Å². The Balaban J connectivity index is 2.10. The molecule has 28 heavy (non-hydrogen) atoms. The van der Waals surface area contributed by atoms with Gasteiger partial charge in [-0.25, -0.2) is 13.2 Å². The molecule has 2 aromatic rings. The topological polar surface area (TPSA) is 83.5 Å². The lowest BCUT2D eigenvalue weighted by Gasteiger charge is -2.12. The van der Waals surface area contributed by atoms with E-state index in [0.717, 1.165) is 42.4 Å². The number of hydrogen-bond acceptors (Lipinski definition) is 3. The van der Waals surface area contributed by atoms with Gasteiger partial charge in [-0.2, -0.15) is 0 Å². The number of carboxylic acid groups (broad SMARTS) is 1. The minimum atomic E-state index is -3.58. The van der Waals surface area contributed by atoms with Crippen molar-refractivity contribution in [3.63, 3.8) is 0 Å². The number of aryl methyl sites for hydroxylation is 1. The van der Waals surface area contributed by atoms with Crippen molar-refractivity contribution < 1.29 is 18.3 Å². The van der Waals surface area contributed by atoms with E-state index in [9.17, 15) is 18.3 Å². The van der Waals surface area contributed by atoms with Gasteiger partial charge in [0.2, 0.25) is 10.0 Å². The van der Waals surface area contributed by atoms with Crippen LogP contribution in [-0.2, 0) is 10.0 Å². The molecular weight excluding hydrogens is 374 g/mol. The average Bonchev–Trinajstić information content (AvgIpc) is 2.65. The standard InChI is InChI=1S/C22H29NO4S/c1-3-4-5-6-7-8-15-28(26,27)23-21-14-13-19(16-20(21)22(24)25)18-11-9-17(2)10-12-18/h9-14,16,23H,3-8,15H2,1-2H3,(H,24,25). The fraction of sp³-hybridized carbons (Fsp3) is 0.409. The molecule has 2 rings (SSSR count). The van der Waals surface area contributed by atoms with Crippen LogP contribution in [0.5, 0.6) is 0 Å². The number of sulfonamides is 1. The zero-order valence-corrected chi connectivity index (χ0v) is 17.4. The number of unbranched alkanes of at least 4 members (excludes halogenated alkanes) is 5. The van der Waals surface area contributed by atoms with Crippen molar-refractivity contribution in [1.29, 1.82) is 0 Å². The molecule has 0 aliphatic rings. The third-order valence-electron chi connectivity index (χ3n) is 4.67. The summed E-state index contributed by atoms with van der Waals surface area (Å²) < 4.78 is 27.2. The van der Waals surface area contributed by atoms with E-state index >= 15 is 0 Å². The van der Waals surface area contributed by atoms with E-state index in [-0.39, 0.29) is 17.0 Å². The van der Waals surface area contributed by atoms with Crippen molar-refractivity contribution in [2.24, 2.45) is 0 Å². The first-order chi connectivity index (χ1) is 13.3. The van der Waals surface area contributed by atoms with Gasteiger partial charge in [-0.3, -0.25) is 4.72 Å². The van der Waals surface area contributed by atoms with Crippen LogP contribution in [0.1, 0.15) is 61.4 Å². The second-order valence-electron chi connectivity index (χ2n) is 7.12. The van der Waals surface area contributed by atoms with Crippen LogP contribution in [0.2, 0.25) is 0 Å². The van der Waals surface area contributed by atoms with Crippen LogP contribution in [0, 0.1) is 6.92 Å². The smallest absolute Gasteiger partial charge is 0.337 e. The van der Waals surface area contributed by atoms with Crippen LogP contribution in [0.4, 0.5) is 5.69 Å². The predicted molar refractivity (Wildman–Crippen MR) is 114 cm³/mol. The van der Waals surface area contributed by atoms with Crippen LogP contribution >= 0.6 is 0 Å². The monoisotopic (exact) mass is 403 g/mol. The van der Waals surface area contributed by atoms with Gasteiger partial charge in [-0.1, -0.05) is 74.9 Å². The van der Waals surface area contributed by atoms with E-state index in [1.54, 1.807) is 6.07 Å². The molecule has 152 valence electrons. The average molecular weight is 404 g/mol. The Bertz CT molecular complexity index is 889. The molecule has 0 heterocycles. The van der Waals surface area contributed by atoms with Crippen molar-refractivity contribution in [3.05, 3.63) is 53.6 Å². The van der Waals surface area contributed by atoms with E-state index in [2.05, 4.69) is 11.6 Å². The van der Waals surface area contributed by atoms with Crippen LogP contribution in [0.25, 0.3) is 11.1 Å². The zero-order chi connectivity index (χ0) is 20.6. The highest BCUT2D eigenvalue weighted by molar-refractivity contribution is 7.92. The van der Waals surface area contributed by atoms with E-state index in [4.69, 9.17) is 0 Å². The van der Waals surface area contributed by atoms with E-state index in [1.165, 1.54) is 18.6 Å². The quantitative estimate of drug-likeness (QED) is 0.488. The van der Waals surface area contributed by atoms with Gasteiger partial charge in [-0.15, -0.1) is 0 Å². The van der Waals surface area contributed by atoms with Crippen LogP contribution in [-0.4, -0.2) is 25.2 Å². The Labute approximate surface area is 167 Å². The molecular formula is C22H29NO4S. The first kappa shape index (κ1) is 22.0. The van der Waals surface area contributed by atoms with Crippen LogP contribution in [0.3, 0.4) is 0 Å². The Kier molecular flexibility index (Phi) is 8.05. The zero-order valence-electron chi connectivity index (χ0n) is 16.6. The molecule has 0 radical (unpaired) electrons. The molecule has 5 nitrogen and oxygen atoms in total. The maximum absolute atomic E-state index is 12.4. The highest BCUT2D eigenvalue weighted by Crippen LogP contribution is 2.26. The summed E-state index contributed by atoms with van der Waals surface area (Å²) >= 11 is 0. The summed E-state index contributed by atoms with van der Waals surface area (Å²) in [6.07, 6.45) is 5.89. The van der Waals surface area contributed by atoms with Gasteiger partial charge in [0.05, 0.1) is 17.0 Å². The normalized spacial score (nSPS) is 11.4. The lowest BCUT2D eigenvalue weighted by Crippen LogP contribution is -2.18. The molecule has 0 bridgehead atoms. The van der Waals surface area contributed by atoms with Gasteiger partial charge >= 0.3 is 5.97 Å². The number of rotatable bonds is 11. The highest BCUT2D eigenvalue weighted by Gasteiger charge is 2.17. The lowest BCUT2D eigenvalue weighted by molar-refractivity contribution is 0.0698. The van der Waals surface area contributed by atoms with Gasteiger partial charge in [0.1, 0.15) is 0 Å². The third kappa shape index (κ3) is 6.68. The third-order valence-corrected chi connectivity index (χ3v) is 6.02. The first-order valence-corrected chi connectivity index (χ1v) is 11.4. The summed E-state index contributed by atoms with van der Waals surface area (Å²) in [6, 6.07) is 12.5. The molecule has 0 aliphatic carbocycles. The first-order valence-electron chi connectivity index (χ1n) is 9.77. The van der Waals surface area contributed by atoms with Crippen molar-refractivity contribution >= 4 is 21.7 Å². The maximum atomic E-state index is 12.4. The molecule has 0 aromatic heterocycles. The second-order valence-corrected chi connectivity index (χ2v) is 8.96. The van der Waals surface area contributed by atoms with Crippen molar-refractivity contribution in [3.8, 4) is 11.1 Å². The Morgan fingerprint density at radius 3 is 2.18 bits per heavy atom. The molecule has 0 atom stereocenters. The molecule has 0 aliphatic heterocycles. The van der Waals surface area contributed by atoms with E-state index in [1.807, 2.05) is 31.2 Å². The minimum absolute atomic E-state index is 0.00209. The number of hydrogen-bond donors (Lipinski definition) is 2. The molecule has 0 amide bonds. The lowest BCUT2D eigenvalue weighted by atomic mass is 10.0. The molecule has 0 fully saturated rings. The number of carboxylic acids is 1. The van der Waals surface area contributed by atoms with Crippen molar-refractivity contribution in [2.75, 3.05) is 10.5 Å². The molecule has 2 N–H and O–H groups in total. The Hall–Kier alpha value is -2.34. The summed E-state index contributed by atoms with van der Waals surface area (Å²) in [7, 11) is -3.58. The predicted octanol–water partition coefficient (Wildman–Crippen LogP) is 5.46. The van der Waals surface area contributed by atoms with Gasteiger partial charge in [0, 0.05) is 0 Å². The minimum Gasteiger partial charge on any atom is -0.478 e. The van der Waals surface area contributed by atoms with Crippen molar-refractivity contribution in [1.82, 2.24) is 0 Å². The summed E-state index contributed by atoms with van der Waals surface area (Å²) in [5, 5.41) is 9.54. The van der Waals surface area contributed by atoms with Gasteiger partial charge < -0.3 is 5.11 Å². The fourth-order valence-corrected chi connectivity index (χ4v) is 4.23. The number of nitrogens with one attached hydrogen (secondary N) is 1. The number of anilines is 1. The Morgan fingerprint density at radius 2 is 1.54 bits per heavy atom. The SMILES string of the molecule is CCCCCCCCS(=O)(=O)Nc1ccc(-c2ccc(C)cc2)cc1C(=O)O. The van der Waals surface area contributed by atoms with E-state index in [0.29, 0.717) is 6.42 Å². The summed E-state index contributed by atoms with van der Waals surface area (Å²) in [5.74, 6) is -1.16. The van der Waals surface area contributed by atoms with Crippen LogP contribution in [0.15, 0.2) is 42.5 Å². The van der Waals surface area contributed by atoms with E-state index < -0.39 is 16.0 Å². The maximum Gasteiger partial charge on any atom is 0.337 e. The van der Waals surface area contributed by atoms with Gasteiger partial charge in [0.15, 0.2) is 0 Å². The number of benzene rings is 2. The van der Waals surface area contributed by atoms with Crippen molar-refractivity contribution in [2.45, 2.75) is 52.4 Å². The summed E-state index contributed by atoms with van der Waals surface area (Å²) in [4.78, 5) is 11.7. The number of carbonyl (C=O) groups is 1. The highest BCUT2D eigenvalue weighted by atomic mass is 32.2. The summed E-state index contributed by atoms with van der Waals surface area (Å²) in [6.45, 7) is 4.12. The second kappa shape index (κ2) is 10.3. The van der Waals surface area contributed by atoms with Gasteiger partial charge in [0.25, 0.3) is 0 Å².